The number of fused-ring (bicyclic) bond motifs is 1. The molecule has 1 aromatic heterocycles. The van der Waals surface area contributed by atoms with Crippen LogP contribution >= 0.6 is 0 Å². The Labute approximate surface area is 198 Å². The number of aromatic nitrogens is 1. The second-order valence-electron chi connectivity index (χ2n) is 8.11. The van der Waals surface area contributed by atoms with E-state index in [0.29, 0.717) is 11.5 Å². The lowest BCUT2D eigenvalue weighted by atomic mass is 9.96. The van der Waals surface area contributed by atoms with Crippen molar-refractivity contribution in [2.24, 2.45) is 0 Å². The molecule has 4 heteroatoms. The summed E-state index contributed by atoms with van der Waals surface area (Å²) >= 11 is 0. The molecule has 0 atom stereocenters. The summed E-state index contributed by atoms with van der Waals surface area (Å²) in [5, 5.41) is 0. The summed E-state index contributed by atoms with van der Waals surface area (Å²) in [4.78, 5) is 16.4. The summed E-state index contributed by atoms with van der Waals surface area (Å²) in [5.41, 5.74) is 8.49. The van der Waals surface area contributed by atoms with Crippen LogP contribution in [0, 0.1) is 6.92 Å². The average molecular weight is 446 g/mol. The first-order valence-electron chi connectivity index (χ1n) is 11.0. The number of esters is 1. The van der Waals surface area contributed by atoms with Crippen molar-refractivity contribution in [2.45, 2.75) is 6.92 Å². The van der Waals surface area contributed by atoms with Crippen LogP contribution in [0.5, 0.6) is 0 Å². The van der Waals surface area contributed by atoms with Gasteiger partial charge in [0, 0.05) is 5.56 Å². The van der Waals surface area contributed by atoms with E-state index in [9.17, 15) is 4.79 Å². The largest absolute Gasteiger partial charge is 0.465 e. The standard InChI is InChI=1S/C30H23NO3/c1-20-8-17-28-27(18-20)31-29(34-28)25-16-15-23(26(19-25)22-6-4-3-5-7-22)12-9-21-10-13-24(14-11-21)30(32)33-2/h3-19H,1-2H3. The number of hydrogen-bond acceptors (Lipinski definition) is 4. The minimum Gasteiger partial charge on any atom is -0.465 e. The zero-order valence-electron chi connectivity index (χ0n) is 19.0. The Kier molecular flexibility index (Phi) is 5.79. The molecule has 5 rings (SSSR count). The molecule has 166 valence electrons. The quantitative estimate of drug-likeness (QED) is 0.209. The molecule has 0 spiro atoms. The monoisotopic (exact) mass is 445 g/mol. The van der Waals surface area contributed by atoms with Gasteiger partial charge in [-0.3, -0.25) is 0 Å². The van der Waals surface area contributed by atoms with Gasteiger partial charge < -0.3 is 9.15 Å². The van der Waals surface area contributed by atoms with Gasteiger partial charge in [0.2, 0.25) is 5.89 Å². The van der Waals surface area contributed by atoms with E-state index in [-0.39, 0.29) is 5.97 Å². The lowest BCUT2D eigenvalue weighted by Crippen LogP contribution is -2.00. The predicted molar refractivity (Wildman–Crippen MR) is 136 cm³/mol. The normalized spacial score (nSPS) is 11.2. The van der Waals surface area contributed by atoms with Crippen molar-refractivity contribution < 1.29 is 13.9 Å². The number of carbonyl (C=O) groups is 1. The molecule has 5 aromatic rings. The minimum absolute atomic E-state index is 0.341. The van der Waals surface area contributed by atoms with Gasteiger partial charge in [-0.25, -0.2) is 9.78 Å². The van der Waals surface area contributed by atoms with Crippen molar-refractivity contribution in [3.05, 3.63) is 113 Å². The summed E-state index contributed by atoms with van der Waals surface area (Å²) < 4.78 is 10.8. The van der Waals surface area contributed by atoms with Crippen LogP contribution in [-0.4, -0.2) is 18.1 Å². The predicted octanol–water partition coefficient (Wildman–Crippen LogP) is 7.43. The highest BCUT2D eigenvalue weighted by atomic mass is 16.5. The van der Waals surface area contributed by atoms with Crippen LogP contribution in [-0.2, 0) is 4.74 Å². The van der Waals surface area contributed by atoms with Crippen LogP contribution < -0.4 is 0 Å². The van der Waals surface area contributed by atoms with Gasteiger partial charge in [-0.05, 0) is 71.1 Å². The van der Waals surface area contributed by atoms with E-state index in [2.05, 4.69) is 30.3 Å². The summed E-state index contributed by atoms with van der Waals surface area (Å²) in [5.74, 6) is 0.263. The molecule has 34 heavy (non-hydrogen) atoms. The Balaban J connectivity index is 1.53. The van der Waals surface area contributed by atoms with E-state index in [0.717, 1.165) is 44.5 Å². The molecule has 0 fully saturated rings. The van der Waals surface area contributed by atoms with Crippen molar-refractivity contribution in [3.63, 3.8) is 0 Å². The third-order valence-corrected chi connectivity index (χ3v) is 5.72. The molecule has 0 aliphatic rings. The number of oxazole rings is 1. The van der Waals surface area contributed by atoms with Crippen molar-refractivity contribution in [3.8, 4) is 22.6 Å². The minimum atomic E-state index is -0.341. The third kappa shape index (κ3) is 4.39. The van der Waals surface area contributed by atoms with E-state index < -0.39 is 0 Å². The Hall–Kier alpha value is -4.44. The van der Waals surface area contributed by atoms with Crippen LogP contribution in [0.1, 0.15) is 27.0 Å². The lowest BCUT2D eigenvalue weighted by Gasteiger charge is -2.09. The van der Waals surface area contributed by atoms with Gasteiger partial charge in [-0.15, -0.1) is 0 Å². The SMILES string of the molecule is COC(=O)c1ccc(C=Cc2ccc(-c3nc4cc(C)ccc4o3)cc2-c2ccccc2)cc1. The van der Waals surface area contributed by atoms with E-state index in [1.54, 1.807) is 12.1 Å². The second-order valence-corrected chi connectivity index (χ2v) is 8.11. The Bertz CT molecular complexity index is 1500. The molecule has 0 unspecified atom stereocenters. The lowest BCUT2D eigenvalue weighted by molar-refractivity contribution is 0.0600. The molecular weight excluding hydrogens is 422 g/mol. The molecule has 0 amide bonds. The molecular formula is C30H23NO3. The van der Waals surface area contributed by atoms with Crippen LogP contribution in [0.3, 0.4) is 0 Å². The highest BCUT2D eigenvalue weighted by Crippen LogP contribution is 2.32. The summed E-state index contributed by atoms with van der Waals surface area (Å²) in [6.07, 6.45) is 4.11. The molecule has 0 saturated heterocycles. The summed E-state index contributed by atoms with van der Waals surface area (Å²) in [6.45, 7) is 2.05. The first-order chi connectivity index (χ1) is 16.6. The van der Waals surface area contributed by atoms with Crippen molar-refractivity contribution in [2.75, 3.05) is 7.11 Å². The maximum absolute atomic E-state index is 11.7. The van der Waals surface area contributed by atoms with E-state index >= 15 is 0 Å². The van der Waals surface area contributed by atoms with E-state index in [1.807, 2.05) is 67.6 Å². The van der Waals surface area contributed by atoms with Crippen LogP contribution in [0.25, 0.3) is 45.8 Å². The fourth-order valence-electron chi connectivity index (χ4n) is 3.90. The van der Waals surface area contributed by atoms with E-state index in [4.69, 9.17) is 14.1 Å². The van der Waals surface area contributed by atoms with Crippen molar-refractivity contribution in [1.82, 2.24) is 4.98 Å². The maximum Gasteiger partial charge on any atom is 0.337 e. The number of rotatable bonds is 5. The molecule has 0 aliphatic heterocycles. The first-order valence-corrected chi connectivity index (χ1v) is 11.0. The van der Waals surface area contributed by atoms with Gasteiger partial charge in [0.15, 0.2) is 5.58 Å². The molecule has 1 heterocycles. The highest BCUT2D eigenvalue weighted by molar-refractivity contribution is 5.90. The molecule has 0 radical (unpaired) electrons. The van der Waals surface area contributed by atoms with Gasteiger partial charge in [0.05, 0.1) is 12.7 Å². The second kappa shape index (κ2) is 9.20. The van der Waals surface area contributed by atoms with Gasteiger partial charge >= 0.3 is 5.97 Å². The van der Waals surface area contributed by atoms with Crippen molar-refractivity contribution >= 4 is 29.2 Å². The molecule has 4 nitrogen and oxygen atoms in total. The Morgan fingerprint density at radius 1 is 0.853 bits per heavy atom. The first kappa shape index (κ1) is 21.4. The molecule has 0 bridgehead atoms. The molecule has 0 N–H and O–H groups in total. The zero-order chi connectivity index (χ0) is 23.5. The molecule has 0 aliphatic carbocycles. The van der Waals surface area contributed by atoms with Crippen LogP contribution in [0.4, 0.5) is 0 Å². The molecule has 0 saturated carbocycles. The van der Waals surface area contributed by atoms with Gasteiger partial charge in [-0.1, -0.05) is 66.7 Å². The Morgan fingerprint density at radius 3 is 2.41 bits per heavy atom. The third-order valence-electron chi connectivity index (χ3n) is 5.72. The Morgan fingerprint density at radius 2 is 1.65 bits per heavy atom. The number of ether oxygens (including phenoxy) is 1. The highest BCUT2D eigenvalue weighted by Gasteiger charge is 2.12. The average Bonchev–Trinajstić information content (AvgIpc) is 3.31. The molecule has 4 aromatic carbocycles. The van der Waals surface area contributed by atoms with Crippen LogP contribution in [0.15, 0.2) is 95.4 Å². The van der Waals surface area contributed by atoms with Gasteiger partial charge in [-0.2, -0.15) is 0 Å². The smallest absolute Gasteiger partial charge is 0.337 e. The van der Waals surface area contributed by atoms with Gasteiger partial charge in [0.25, 0.3) is 0 Å². The fourth-order valence-corrected chi connectivity index (χ4v) is 3.90. The number of benzene rings is 4. The van der Waals surface area contributed by atoms with E-state index in [1.165, 1.54) is 7.11 Å². The topological polar surface area (TPSA) is 52.3 Å². The zero-order valence-corrected chi connectivity index (χ0v) is 19.0. The van der Waals surface area contributed by atoms with Gasteiger partial charge in [0.1, 0.15) is 5.52 Å². The number of methoxy groups -OCH3 is 1. The number of aryl methyl sites for hydroxylation is 1. The summed E-state index contributed by atoms with van der Waals surface area (Å²) in [7, 11) is 1.38. The van der Waals surface area contributed by atoms with Crippen molar-refractivity contribution in [1.29, 1.82) is 0 Å². The number of hydrogen-bond donors (Lipinski definition) is 0. The maximum atomic E-state index is 11.7. The number of nitrogens with zero attached hydrogens (tertiary/aromatic N) is 1. The number of carbonyl (C=O) groups excluding carboxylic acids is 1. The summed E-state index contributed by atoms with van der Waals surface area (Å²) in [6, 6.07) is 29.8. The fraction of sp³-hybridized carbons (Fsp3) is 0.0667. The van der Waals surface area contributed by atoms with Crippen LogP contribution in [0.2, 0.25) is 0 Å².